The van der Waals surface area contributed by atoms with Gasteiger partial charge in [0.2, 0.25) is 0 Å². The Morgan fingerprint density at radius 3 is 2.47 bits per heavy atom. The van der Waals surface area contributed by atoms with Crippen LogP contribution in [-0.2, 0) is 6.54 Å². The van der Waals surface area contributed by atoms with Crippen molar-refractivity contribution in [3.63, 3.8) is 0 Å². The monoisotopic (exact) mass is 260 g/mol. The summed E-state index contributed by atoms with van der Waals surface area (Å²) in [5.74, 6) is 0.605. The summed E-state index contributed by atoms with van der Waals surface area (Å²) in [7, 11) is 0. The molecule has 0 bridgehead atoms. The lowest BCUT2D eigenvalue weighted by molar-refractivity contribution is 0.0586. The third-order valence-corrected chi connectivity index (χ3v) is 4.46. The molecule has 0 aromatic heterocycles. The average Bonchev–Trinajstić information content (AvgIpc) is 2.35. The molecule has 2 rings (SSSR count). The van der Waals surface area contributed by atoms with Gasteiger partial charge in [-0.2, -0.15) is 0 Å². The molecule has 1 saturated heterocycles. The van der Waals surface area contributed by atoms with Crippen LogP contribution in [-0.4, -0.2) is 23.0 Å². The highest BCUT2D eigenvalue weighted by atomic mass is 15.2. The van der Waals surface area contributed by atoms with Gasteiger partial charge in [0.1, 0.15) is 0 Å². The van der Waals surface area contributed by atoms with E-state index in [4.69, 9.17) is 5.73 Å². The third kappa shape index (κ3) is 3.58. The molecule has 0 saturated carbocycles. The molecule has 1 atom stereocenters. The number of hydrogen-bond acceptors (Lipinski definition) is 2. The summed E-state index contributed by atoms with van der Waals surface area (Å²) >= 11 is 0. The molecular weight excluding hydrogens is 232 g/mol. The molecule has 2 nitrogen and oxygen atoms in total. The number of benzene rings is 1. The van der Waals surface area contributed by atoms with Gasteiger partial charge in [0.15, 0.2) is 0 Å². The second-order valence-corrected chi connectivity index (χ2v) is 6.89. The van der Waals surface area contributed by atoms with Crippen LogP contribution in [0.5, 0.6) is 0 Å². The zero-order valence-electron chi connectivity index (χ0n) is 12.8. The highest BCUT2D eigenvalue weighted by molar-refractivity contribution is 5.24. The van der Waals surface area contributed by atoms with Gasteiger partial charge in [-0.05, 0) is 43.7 Å². The Morgan fingerprint density at radius 2 is 1.89 bits per heavy atom. The van der Waals surface area contributed by atoms with Gasteiger partial charge < -0.3 is 5.73 Å². The van der Waals surface area contributed by atoms with Gasteiger partial charge in [-0.15, -0.1) is 0 Å². The summed E-state index contributed by atoms with van der Waals surface area (Å²) in [4.78, 5) is 2.53. The topological polar surface area (TPSA) is 29.3 Å². The SMILES string of the molecule is CC(C)c1ccc(CN2CC(N)CCC2(C)C)cc1. The third-order valence-electron chi connectivity index (χ3n) is 4.46. The van der Waals surface area contributed by atoms with E-state index in [2.05, 4.69) is 56.9 Å². The van der Waals surface area contributed by atoms with Crippen molar-refractivity contribution >= 4 is 0 Å². The van der Waals surface area contributed by atoms with Crippen LogP contribution in [0.3, 0.4) is 0 Å². The zero-order chi connectivity index (χ0) is 14.0. The molecule has 1 aliphatic rings. The number of hydrogen-bond donors (Lipinski definition) is 1. The van der Waals surface area contributed by atoms with Gasteiger partial charge in [-0.1, -0.05) is 38.1 Å². The van der Waals surface area contributed by atoms with E-state index < -0.39 is 0 Å². The first kappa shape index (κ1) is 14.5. The summed E-state index contributed by atoms with van der Waals surface area (Å²) in [6.45, 7) is 11.2. The first-order valence-electron chi connectivity index (χ1n) is 7.48. The van der Waals surface area contributed by atoms with Crippen molar-refractivity contribution in [3.05, 3.63) is 35.4 Å². The molecule has 0 aliphatic carbocycles. The van der Waals surface area contributed by atoms with E-state index in [-0.39, 0.29) is 5.54 Å². The fraction of sp³-hybridized carbons (Fsp3) is 0.647. The lowest BCUT2D eigenvalue weighted by Gasteiger charge is -2.44. The molecule has 0 radical (unpaired) electrons. The zero-order valence-corrected chi connectivity index (χ0v) is 12.8. The first-order valence-corrected chi connectivity index (χ1v) is 7.48. The first-order chi connectivity index (χ1) is 8.88. The van der Waals surface area contributed by atoms with Crippen LogP contribution in [0.25, 0.3) is 0 Å². The maximum Gasteiger partial charge on any atom is 0.0239 e. The van der Waals surface area contributed by atoms with Crippen LogP contribution in [0, 0.1) is 0 Å². The van der Waals surface area contributed by atoms with E-state index in [1.54, 1.807) is 0 Å². The quantitative estimate of drug-likeness (QED) is 0.901. The van der Waals surface area contributed by atoms with Crippen molar-refractivity contribution in [1.82, 2.24) is 4.90 Å². The maximum absolute atomic E-state index is 6.12. The summed E-state index contributed by atoms with van der Waals surface area (Å²) in [6.07, 6.45) is 2.34. The number of nitrogens with zero attached hydrogens (tertiary/aromatic N) is 1. The molecule has 2 heteroatoms. The fourth-order valence-corrected chi connectivity index (χ4v) is 2.83. The minimum absolute atomic E-state index is 0.270. The van der Waals surface area contributed by atoms with Crippen LogP contribution >= 0.6 is 0 Å². The van der Waals surface area contributed by atoms with Gasteiger partial charge in [-0.25, -0.2) is 0 Å². The predicted octanol–water partition coefficient (Wildman–Crippen LogP) is 3.51. The molecule has 2 N–H and O–H groups in total. The minimum Gasteiger partial charge on any atom is -0.327 e. The summed E-state index contributed by atoms with van der Waals surface area (Å²) in [5.41, 5.74) is 9.20. The van der Waals surface area contributed by atoms with Gasteiger partial charge in [-0.3, -0.25) is 4.90 Å². The van der Waals surface area contributed by atoms with Crippen LogP contribution in [0.15, 0.2) is 24.3 Å². The molecule has 0 amide bonds. The Morgan fingerprint density at radius 1 is 1.26 bits per heavy atom. The smallest absolute Gasteiger partial charge is 0.0239 e. The van der Waals surface area contributed by atoms with E-state index in [1.165, 1.54) is 17.5 Å². The molecule has 1 aliphatic heterocycles. The highest BCUT2D eigenvalue weighted by Crippen LogP contribution is 2.28. The fourth-order valence-electron chi connectivity index (χ4n) is 2.83. The predicted molar refractivity (Wildman–Crippen MR) is 82.2 cm³/mol. The summed E-state index contributed by atoms with van der Waals surface area (Å²) in [5, 5.41) is 0. The Hall–Kier alpha value is -0.860. The molecule has 1 fully saturated rings. The van der Waals surface area contributed by atoms with E-state index in [0.717, 1.165) is 19.5 Å². The van der Waals surface area contributed by atoms with Crippen molar-refractivity contribution in [2.45, 2.75) is 64.6 Å². The standard InChI is InChI=1S/C17H28N2/c1-13(2)15-7-5-14(6-8-15)11-19-12-16(18)9-10-17(19,3)4/h5-8,13,16H,9-12,18H2,1-4H3. The largest absolute Gasteiger partial charge is 0.327 e. The number of rotatable bonds is 3. The summed E-state index contributed by atoms with van der Waals surface area (Å²) in [6, 6.07) is 9.40. The van der Waals surface area contributed by atoms with Crippen LogP contribution in [0.1, 0.15) is 57.6 Å². The normalized spacial score (nSPS) is 23.8. The number of likely N-dealkylation sites (tertiary alicyclic amines) is 1. The van der Waals surface area contributed by atoms with Crippen molar-refractivity contribution in [3.8, 4) is 0 Å². The molecule has 0 spiro atoms. The van der Waals surface area contributed by atoms with E-state index in [9.17, 15) is 0 Å². The van der Waals surface area contributed by atoms with Crippen LogP contribution < -0.4 is 5.73 Å². The van der Waals surface area contributed by atoms with Crippen molar-refractivity contribution in [2.24, 2.45) is 5.73 Å². The molecule has 106 valence electrons. The molecule has 1 unspecified atom stereocenters. The molecule has 1 heterocycles. The van der Waals surface area contributed by atoms with E-state index in [1.807, 2.05) is 0 Å². The highest BCUT2D eigenvalue weighted by Gasteiger charge is 2.32. The lowest BCUT2D eigenvalue weighted by Crippen LogP contribution is -2.53. The Kier molecular flexibility index (Phi) is 4.32. The van der Waals surface area contributed by atoms with Gasteiger partial charge >= 0.3 is 0 Å². The van der Waals surface area contributed by atoms with Crippen LogP contribution in [0.2, 0.25) is 0 Å². The van der Waals surface area contributed by atoms with Crippen molar-refractivity contribution < 1.29 is 0 Å². The van der Waals surface area contributed by atoms with Crippen LogP contribution in [0.4, 0.5) is 0 Å². The Labute approximate surface area is 118 Å². The Bertz CT molecular complexity index is 406. The maximum atomic E-state index is 6.12. The molecule has 19 heavy (non-hydrogen) atoms. The van der Waals surface area contributed by atoms with Crippen molar-refractivity contribution in [2.75, 3.05) is 6.54 Å². The Balaban J connectivity index is 2.06. The van der Waals surface area contributed by atoms with Crippen molar-refractivity contribution in [1.29, 1.82) is 0 Å². The van der Waals surface area contributed by atoms with Gasteiger partial charge in [0.25, 0.3) is 0 Å². The summed E-state index contributed by atoms with van der Waals surface area (Å²) < 4.78 is 0. The lowest BCUT2D eigenvalue weighted by atomic mass is 9.88. The second kappa shape index (κ2) is 5.64. The van der Waals surface area contributed by atoms with Gasteiger partial charge in [0.05, 0.1) is 0 Å². The van der Waals surface area contributed by atoms with E-state index in [0.29, 0.717) is 12.0 Å². The van der Waals surface area contributed by atoms with Gasteiger partial charge in [0, 0.05) is 24.7 Å². The minimum atomic E-state index is 0.270. The average molecular weight is 260 g/mol. The second-order valence-electron chi connectivity index (χ2n) is 6.89. The number of nitrogens with two attached hydrogens (primary N) is 1. The van der Waals surface area contributed by atoms with E-state index >= 15 is 0 Å². The molecular formula is C17H28N2. The molecule has 1 aromatic rings. The molecule has 1 aromatic carbocycles. The number of piperidine rings is 1.